The van der Waals surface area contributed by atoms with Gasteiger partial charge in [0.05, 0.1) is 0 Å². The minimum absolute atomic E-state index is 0.743. The van der Waals surface area contributed by atoms with Crippen LogP contribution in [0.4, 0.5) is 0 Å². The van der Waals surface area contributed by atoms with E-state index in [9.17, 15) is 0 Å². The van der Waals surface area contributed by atoms with E-state index < -0.39 is 0 Å². The Labute approximate surface area is 98.2 Å². The molecule has 0 amide bonds. The predicted octanol–water partition coefficient (Wildman–Crippen LogP) is 3.06. The van der Waals surface area contributed by atoms with Crippen molar-refractivity contribution in [3.63, 3.8) is 0 Å². The molecular weight excluding hydrogens is 252 g/mol. The highest BCUT2D eigenvalue weighted by atomic mass is 79.9. The molecule has 1 aromatic heterocycles. The van der Waals surface area contributed by atoms with Crippen molar-refractivity contribution in [1.29, 1.82) is 0 Å². The number of hydrogen-bond donors (Lipinski definition) is 1. The molecule has 15 heavy (non-hydrogen) atoms. The summed E-state index contributed by atoms with van der Waals surface area (Å²) in [7, 11) is 0. The van der Waals surface area contributed by atoms with Gasteiger partial charge in [0.1, 0.15) is 0 Å². The van der Waals surface area contributed by atoms with Crippen LogP contribution in [0.3, 0.4) is 0 Å². The molecule has 0 fully saturated rings. The molecule has 2 N–H and O–H groups in total. The van der Waals surface area contributed by atoms with Crippen molar-refractivity contribution >= 4 is 26.8 Å². The van der Waals surface area contributed by atoms with Gasteiger partial charge in [-0.05, 0) is 37.6 Å². The molecule has 0 atom stereocenters. The average Bonchev–Trinajstić information content (AvgIpc) is 2.52. The van der Waals surface area contributed by atoms with E-state index in [0.29, 0.717) is 0 Å². The zero-order valence-corrected chi connectivity index (χ0v) is 10.4. The summed E-state index contributed by atoms with van der Waals surface area (Å²) >= 11 is 3.51. The van der Waals surface area contributed by atoms with Crippen LogP contribution in [0.25, 0.3) is 10.9 Å². The van der Waals surface area contributed by atoms with Crippen molar-refractivity contribution in [3.05, 3.63) is 34.4 Å². The zero-order chi connectivity index (χ0) is 10.8. The maximum atomic E-state index is 5.53. The second kappa shape index (κ2) is 4.37. The van der Waals surface area contributed by atoms with Crippen LogP contribution in [0.2, 0.25) is 0 Å². The highest BCUT2D eigenvalue weighted by Crippen LogP contribution is 2.24. The third-order valence-corrected chi connectivity index (χ3v) is 3.14. The Balaban J connectivity index is 2.49. The van der Waals surface area contributed by atoms with E-state index in [4.69, 9.17) is 5.73 Å². The number of halogens is 1. The molecule has 1 aromatic carbocycles. The lowest BCUT2D eigenvalue weighted by molar-refractivity contribution is 0.670. The third kappa shape index (κ3) is 2.08. The SMILES string of the molecule is Cc1cn(CCCN)c2cc(Br)ccc12. The molecular formula is C12H15BrN2. The van der Waals surface area contributed by atoms with Crippen molar-refractivity contribution in [1.82, 2.24) is 4.57 Å². The fraction of sp³-hybridized carbons (Fsp3) is 0.333. The first-order valence-electron chi connectivity index (χ1n) is 5.17. The lowest BCUT2D eigenvalue weighted by atomic mass is 10.2. The zero-order valence-electron chi connectivity index (χ0n) is 8.83. The van der Waals surface area contributed by atoms with Gasteiger partial charge in [0.2, 0.25) is 0 Å². The molecule has 0 radical (unpaired) electrons. The van der Waals surface area contributed by atoms with Gasteiger partial charge in [0.25, 0.3) is 0 Å². The fourth-order valence-corrected chi connectivity index (χ4v) is 2.24. The van der Waals surface area contributed by atoms with Crippen LogP contribution in [-0.4, -0.2) is 11.1 Å². The van der Waals surface area contributed by atoms with E-state index in [-0.39, 0.29) is 0 Å². The van der Waals surface area contributed by atoms with Crippen LogP contribution in [0.15, 0.2) is 28.9 Å². The first-order chi connectivity index (χ1) is 7.22. The Bertz CT molecular complexity index is 474. The molecule has 0 aliphatic heterocycles. The van der Waals surface area contributed by atoms with Crippen LogP contribution >= 0.6 is 15.9 Å². The van der Waals surface area contributed by atoms with Crippen molar-refractivity contribution in [2.24, 2.45) is 5.73 Å². The number of benzene rings is 1. The summed E-state index contributed by atoms with van der Waals surface area (Å²) in [6.45, 7) is 3.89. The number of hydrogen-bond acceptors (Lipinski definition) is 1. The molecule has 3 heteroatoms. The van der Waals surface area contributed by atoms with Gasteiger partial charge in [-0.15, -0.1) is 0 Å². The normalized spacial score (nSPS) is 11.1. The van der Waals surface area contributed by atoms with E-state index in [1.807, 2.05) is 0 Å². The summed E-state index contributed by atoms with van der Waals surface area (Å²) in [6, 6.07) is 6.41. The van der Waals surface area contributed by atoms with Gasteiger partial charge >= 0.3 is 0 Å². The summed E-state index contributed by atoms with van der Waals surface area (Å²) in [6.07, 6.45) is 3.22. The van der Waals surface area contributed by atoms with Crippen LogP contribution < -0.4 is 5.73 Å². The highest BCUT2D eigenvalue weighted by Gasteiger charge is 2.04. The largest absolute Gasteiger partial charge is 0.347 e. The maximum Gasteiger partial charge on any atom is 0.0494 e. The van der Waals surface area contributed by atoms with E-state index in [1.54, 1.807) is 0 Å². The number of nitrogens with two attached hydrogens (primary N) is 1. The van der Waals surface area contributed by atoms with Crippen molar-refractivity contribution in [3.8, 4) is 0 Å². The van der Waals surface area contributed by atoms with E-state index in [2.05, 4.69) is 51.8 Å². The molecule has 2 nitrogen and oxygen atoms in total. The molecule has 0 aliphatic carbocycles. The van der Waals surface area contributed by atoms with Crippen molar-refractivity contribution in [2.45, 2.75) is 19.9 Å². The van der Waals surface area contributed by atoms with Crippen molar-refractivity contribution < 1.29 is 0 Å². The van der Waals surface area contributed by atoms with Gasteiger partial charge in [0.15, 0.2) is 0 Å². The molecule has 0 aliphatic rings. The minimum Gasteiger partial charge on any atom is -0.347 e. The first-order valence-corrected chi connectivity index (χ1v) is 5.96. The summed E-state index contributed by atoms with van der Waals surface area (Å²) in [5, 5.41) is 1.33. The average molecular weight is 267 g/mol. The molecule has 2 rings (SSSR count). The number of rotatable bonds is 3. The predicted molar refractivity (Wildman–Crippen MR) is 68.0 cm³/mol. The second-order valence-corrected chi connectivity index (χ2v) is 4.72. The number of aryl methyl sites for hydroxylation is 2. The van der Waals surface area contributed by atoms with E-state index in [0.717, 1.165) is 24.0 Å². The summed E-state index contributed by atoms with van der Waals surface area (Å²) < 4.78 is 3.41. The van der Waals surface area contributed by atoms with E-state index >= 15 is 0 Å². The Kier molecular flexibility index (Phi) is 3.12. The van der Waals surface area contributed by atoms with Crippen LogP contribution in [0, 0.1) is 6.92 Å². The van der Waals surface area contributed by atoms with Crippen molar-refractivity contribution in [2.75, 3.05) is 6.54 Å². The molecule has 1 heterocycles. The molecule has 0 saturated carbocycles. The minimum atomic E-state index is 0.743. The smallest absolute Gasteiger partial charge is 0.0494 e. The molecule has 0 spiro atoms. The number of aromatic nitrogens is 1. The monoisotopic (exact) mass is 266 g/mol. The second-order valence-electron chi connectivity index (χ2n) is 3.81. The fourth-order valence-electron chi connectivity index (χ4n) is 1.90. The number of fused-ring (bicyclic) bond motifs is 1. The van der Waals surface area contributed by atoms with Gasteiger partial charge in [-0.1, -0.05) is 22.0 Å². The summed E-state index contributed by atoms with van der Waals surface area (Å²) in [5.74, 6) is 0. The lowest BCUT2D eigenvalue weighted by Crippen LogP contribution is -2.04. The van der Waals surface area contributed by atoms with Gasteiger partial charge in [-0.2, -0.15) is 0 Å². The van der Waals surface area contributed by atoms with Crippen LogP contribution in [0.5, 0.6) is 0 Å². The standard InChI is InChI=1S/C12H15BrN2/c1-9-8-15(6-2-5-14)12-7-10(13)3-4-11(9)12/h3-4,7-8H,2,5-6,14H2,1H3. The lowest BCUT2D eigenvalue weighted by Gasteiger charge is -2.03. The van der Waals surface area contributed by atoms with Gasteiger partial charge in [-0.25, -0.2) is 0 Å². The third-order valence-electron chi connectivity index (χ3n) is 2.65. The van der Waals surface area contributed by atoms with Crippen LogP contribution in [-0.2, 0) is 6.54 Å². The van der Waals surface area contributed by atoms with Gasteiger partial charge < -0.3 is 10.3 Å². The Morgan fingerprint density at radius 1 is 1.40 bits per heavy atom. The highest BCUT2D eigenvalue weighted by molar-refractivity contribution is 9.10. The molecule has 0 saturated heterocycles. The molecule has 80 valence electrons. The maximum absolute atomic E-state index is 5.53. The molecule has 0 bridgehead atoms. The Morgan fingerprint density at radius 2 is 2.20 bits per heavy atom. The Hall–Kier alpha value is -0.800. The van der Waals surface area contributed by atoms with Crippen LogP contribution in [0.1, 0.15) is 12.0 Å². The topological polar surface area (TPSA) is 30.9 Å². The summed E-state index contributed by atoms with van der Waals surface area (Å²) in [5.41, 5.74) is 8.15. The number of nitrogens with zero attached hydrogens (tertiary/aromatic N) is 1. The molecule has 2 aromatic rings. The quantitative estimate of drug-likeness (QED) is 0.910. The van der Waals surface area contributed by atoms with Gasteiger partial charge in [-0.3, -0.25) is 0 Å². The molecule has 0 unspecified atom stereocenters. The van der Waals surface area contributed by atoms with Gasteiger partial charge in [0, 0.05) is 28.1 Å². The first kappa shape index (κ1) is 10.7. The summed E-state index contributed by atoms with van der Waals surface area (Å²) in [4.78, 5) is 0. The Morgan fingerprint density at radius 3 is 2.93 bits per heavy atom. The van der Waals surface area contributed by atoms with E-state index in [1.165, 1.54) is 16.5 Å².